The van der Waals surface area contributed by atoms with E-state index in [1.165, 1.54) is 25.7 Å². The normalized spacial score (nSPS) is 18.7. The minimum atomic E-state index is -0.153. The van der Waals surface area contributed by atoms with E-state index in [4.69, 9.17) is 4.74 Å². The number of benzene rings is 2. The van der Waals surface area contributed by atoms with E-state index in [0.717, 1.165) is 72.6 Å². The molecule has 2 fully saturated rings. The molecule has 2 aromatic carbocycles. The number of nitrogens with zero attached hydrogens (tertiary/aromatic N) is 3. The number of amides is 1. The summed E-state index contributed by atoms with van der Waals surface area (Å²) in [6, 6.07) is 9.57. The molecule has 0 unspecified atom stereocenters. The number of nitrogens with one attached hydrogen (secondary N) is 2. The number of aromatic hydroxyl groups is 1. The van der Waals surface area contributed by atoms with E-state index in [2.05, 4.69) is 32.5 Å². The first-order valence-corrected chi connectivity index (χ1v) is 13.3. The SMILES string of the molecule is O=C(c1cc2c(CC3CCCC3)n[nH]c2cc1O)N1Cc2ccc(OCCN3CCNCC3)cc2C1. The third kappa shape index (κ3) is 4.80. The summed E-state index contributed by atoms with van der Waals surface area (Å²) < 4.78 is 6.02. The number of phenols is 1. The smallest absolute Gasteiger partial charge is 0.258 e. The third-order valence-electron chi connectivity index (χ3n) is 8.02. The maximum atomic E-state index is 13.5. The molecule has 2 aliphatic heterocycles. The molecular weight excluding hydrogens is 454 g/mol. The summed E-state index contributed by atoms with van der Waals surface area (Å²) in [4.78, 5) is 17.7. The number of carbonyl (C=O) groups excluding carboxylic acids is 1. The number of aromatic amines is 1. The lowest BCUT2D eigenvalue weighted by atomic mass is 9.99. The van der Waals surface area contributed by atoms with E-state index in [0.29, 0.717) is 31.2 Å². The van der Waals surface area contributed by atoms with Crippen molar-refractivity contribution < 1.29 is 14.6 Å². The summed E-state index contributed by atoms with van der Waals surface area (Å²) in [5.41, 5.74) is 4.36. The Morgan fingerprint density at radius 1 is 1.08 bits per heavy atom. The van der Waals surface area contributed by atoms with Gasteiger partial charge in [-0.05, 0) is 41.7 Å². The number of H-pyrrole nitrogens is 1. The molecule has 3 aliphatic rings. The van der Waals surface area contributed by atoms with Crippen molar-refractivity contribution in [2.24, 2.45) is 5.92 Å². The van der Waals surface area contributed by atoms with E-state index >= 15 is 0 Å². The van der Waals surface area contributed by atoms with E-state index in [-0.39, 0.29) is 11.7 Å². The second kappa shape index (κ2) is 10.1. The highest BCUT2D eigenvalue weighted by molar-refractivity contribution is 6.01. The number of aromatic nitrogens is 2. The average molecular weight is 490 g/mol. The van der Waals surface area contributed by atoms with Crippen LogP contribution in [-0.2, 0) is 19.5 Å². The first-order valence-electron chi connectivity index (χ1n) is 13.3. The molecule has 0 radical (unpaired) electrons. The summed E-state index contributed by atoms with van der Waals surface area (Å²) in [5.74, 6) is 1.35. The third-order valence-corrected chi connectivity index (χ3v) is 8.02. The summed E-state index contributed by atoms with van der Waals surface area (Å²) in [6.45, 7) is 6.81. The van der Waals surface area contributed by atoms with Gasteiger partial charge in [-0.2, -0.15) is 5.10 Å². The van der Waals surface area contributed by atoms with Gasteiger partial charge < -0.3 is 20.1 Å². The predicted octanol–water partition coefficient (Wildman–Crippen LogP) is 3.44. The molecule has 190 valence electrons. The second-order valence-electron chi connectivity index (χ2n) is 10.5. The number of rotatable bonds is 7. The molecule has 8 heteroatoms. The van der Waals surface area contributed by atoms with Gasteiger partial charge in [0.25, 0.3) is 5.91 Å². The Morgan fingerprint density at radius 2 is 1.89 bits per heavy atom. The Hall–Kier alpha value is -3.10. The maximum Gasteiger partial charge on any atom is 0.258 e. The zero-order chi connectivity index (χ0) is 24.5. The molecule has 3 heterocycles. The monoisotopic (exact) mass is 489 g/mol. The summed E-state index contributed by atoms with van der Waals surface area (Å²) >= 11 is 0. The van der Waals surface area contributed by atoms with Crippen LogP contribution in [0.1, 0.15) is 52.9 Å². The van der Waals surface area contributed by atoms with Crippen LogP contribution in [-0.4, -0.2) is 70.3 Å². The molecule has 3 aromatic rings. The van der Waals surface area contributed by atoms with Gasteiger partial charge in [-0.1, -0.05) is 31.7 Å². The van der Waals surface area contributed by atoms with Crippen LogP contribution in [0.15, 0.2) is 30.3 Å². The Kier molecular flexibility index (Phi) is 6.54. The fraction of sp³-hybridized carbons (Fsp3) is 0.500. The molecule has 3 N–H and O–H groups in total. The summed E-state index contributed by atoms with van der Waals surface area (Å²) in [5, 5.41) is 22.5. The van der Waals surface area contributed by atoms with Gasteiger partial charge in [0.2, 0.25) is 0 Å². The van der Waals surface area contributed by atoms with Crippen LogP contribution in [0, 0.1) is 5.92 Å². The molecule has 0 spiro atoms. The molecule has 8 nitrogen and oxygen atoms in total. The van der Waals surface area contributed by atoms with Gasteiger partial charge in [-0.15, -0.1) is 0 Å². The quantitative estimate of drug-likeness (QED) is 0.471. The number of fused-ring (bicyclic) bond motifs is 2. The topological polar surface area (TPSA) is 93.7 Å². The van der Waals surface area contributed by atoms with Crippen molar-refractivity contribution in [2.75, 3.05) is 39.3 Å². The van der Waals surface area contributed by atoms with Gasteiger partial charge in [-0.3, -0.25) is 14.8 Å². The van der Waals surface area contributed by atoms with Gasteiger partial charge in [0.05, 0.1) is 16.8 Å². The Labute approximate surface area is 211 Å². The molecule has 0 bridgehead atoms. The Morgan fingerprint density at radius 3 is 2.72 bits per heavy atom. The van der Waals surface area contributed by atoms with Crippen LogP contribution in [0.5, 0.6) is 11.5 Å². The van der Waals surface area contributed by atoms with Crippen molar-refractivity contribution in [3.63, 3.8) is 0 Å². The average Bonchev–Trinajstić information content (AvgIpc) is 3.64. The molecule has 36 heavy (non-hydrogen) atoms. The van der Waals surface area contributed by atoms with Crippen LogP contribution in [0.3, 0.4) is 0 Å². The molecule has 1 saturated carbocycles. The lowest BCUT2D eigenvalue weighted by Gasteiger charge is -2.26. The molecule has 1 aliphatic carbocycles. The van der Waals surface area contributed by atoms with Gasteiger partial charge in [-0.25, -0.2) is 0 Å². The minimum Gasteiger partial charge on any atom is -0.507 e. The van der Waals surface area contributed by atoms with Gasteiger partial charge in [0, 0.05) is 57.3 Å². The number of piperazine rings is 1. The fourth-order valence-electron chi connectivity index (χ4n) is 5.92. The summed E-state index contributed by atoms with van der Waals surface area (Å²) in [6.07, 6.45) is 5.98. The molecule has 1 aromatic heterocycles. The van der Waals surface area contributed by atoms with Crippen LogP contribution >= 0.6 is 0 Å². The van der Waals surface area contributed by atoms with Gasteiger partial charge >= 0.3 is 0 Å². The predicted molar refractivity (Wildman–Crippen MR) is 138 cm³/mol. The first kappa shape index (κ1) is 23.3. The van der Waals surface area contributed by atoms with Crippen molar-refractivity contribution >= 4 is 16.8 Å². The molecule has 1 amide bonds. The first-order chi connectivity index (χ1) is 17.6. The van der Waals surface area contributed by atoms with Crippen molar-refractivity contribution in [3.8, 4) is 11.5 Å². The molecule has 0 atom stereocenters. The van der Waals surface area contributed by atoms with Crippen LogP contribution in [0.4, 0.5) is 0 Å². The van der Waals surface area contributed by atoms with Crippen molar-refractivity contribution in [1.29, 1.82) is 0 Å². The maximum absolute atomic E-state index is 13.5. The zero-order valence-corrected chi connectivity index (χ0v) is 20.8. The standard InChI is InChI=1S/C28H35N5O3/c34-27-16-26-23(25(30-31-26)13-19-3-1-2-4-19)15-24(27)28(35)33-17-20-5-6-22(14-21(20)18-33)36-12-11-32-9-7-29-8-10-32/h5-6,14-16,19,29,34H,1-4,7-13,17-18H2,(H,30,31). The number of ether oxygens (including phenoxy) is 1. The number of carbonyl (C=O) groups is 1. The lowest BCUT2D eigenvalue weighted by molar-refractivity contribution is 0.0748. The molecule has 6 rings (SSSR count). The van der Waals surface area contributed by atoms with Crippen molar-refractivity contribution in [1.82, 2.24) is 25.3 Å². The highest BCUT2D eigenvalue weighted by Gasteiger charge is 2.28. The van der Waals surface area contributed by atoms with Crippen LogP contribution in [0.25, 0.3) is 10.9 Å². The van der Waals surface area contributed by atoms with E-state index in [1.807, 2.05) is 12.1 Å². The van der Waals surface area contributed by atoms with Gasteiger partial charge in [0.15, 0.2) is 0 Å². The number of hydrogen-bond acceptors (Lipinski definition) is 6. The highest BCUT2D eigenvalue weighted by Crippen LogP contribution is 2.34. The minimum absolute atomic E-state index is 0.00328. The zero-order valence-electron chi connectivity index (χ0n) is 20.8. The van der Waals surface area contributed by atoms with Crippen LogP contribution < -0.4 is 10.1 Å². The summed E-state index contributed by atoms with van der Waals surface area (Å²) in [7, 11) is 0. The molecular formula is C28H35N5O3. The van der Waals surface area contributed by atoms with Crippen molar-refractivity contribution in [3.05, 3.63) is 52.7 Å². The van der Waals surface area contributed by atoms with E-state index in [9.17, 15) is 9.90 Å². The van der Waals surface area contributed by atoms with E-state index < -0.39 is 0 Å². The van der Waals surface area contributed by atoms with Crippen LogP contribution in [0.2, 0.25) is 0 Å². The van der Waals surface area contributed by atoms with Gasteiger partial charge in [0.1, 0.15) is 18.1 Å². The Balaban J connectivity index is 1.13. The molecule has 1 saturated heterocycles. The Bertz CT molecular complexity index is 1240. The lowest BCUT2D eigenvalue weighted by Crippen LogP contribution is -2.44. The fourth-order valence-corrected chi connectivity index (χ4v) is 5.92. The van der Waals surface area contributed by atoms with Crippen molar-refractivity contribution in [2.45, 2.75) is 45.2 Å². The number of hydrogen-bond donors (Lipinski definition) is 3. The second-order valence-corrected chi connectivity index (χ2v) is 10.5. The number of phenolic OH excluding ortho intramolecular Hbond substituents is 1. The largest absolute Gasteiger partial charge is 0.507 e. The van der Waals surface area contributed by atoms with E-state index in [1.54, 1.807) is 11.0 Å². The highest BCUT2D eigenvalue weighted by atomic mass is 16.5.